The largest absolute Gasteiger partial charge is 0.490 e. The Morgan fingerprint density at radius 1 is 0.897 bits per heavy atom. The lowest BCUT2D eigenvalue weighted by molar-refractivity contribution is 0.268. The fourth-order valence-electron chi connectivity index (χ4n) is 2.87. The maximum absolute atomic E-state index is 6.08. The first-order valence-electron chi connectivity index (χ1n) is 9.28. The monoisotopic (exact) mass is 493 g/mol. The predicted molar refractivity (Wildman–Crippen MR) is 125 cm³/mol. The van der Waals surface area contributed by atoms with Crippen molar-refractivity contribution in [1.82, 2.24) is 0 Å². The fourth-order valence-corrected chi connectivity index (χ4v) is 3.86. The number of hydrogen-bond acceptors (Lipinski definition) is 3. The number of aryl methyl sites for hydroxylation is 1. The van der Waals surface area contributed by atoms with Crippen LogP contribution in [-0.4, -0.2) is 6.61 Å². The third-order valence-electron chi connectivity index (χ3n) is 4.40. The predicted octanol–water partition coefficient (Wildman–Crippen LogP) is 7.65. The average Bonchev–Trinajstić information content (AvgIpc) is 2.67. The minimum atomic E-state index is 0.484. The molecule has 0 amide bonds. The van der Waals surface area contributed by atoms with Gasteiger partial charge in [0, 0.05) is 26.8 Å². The molecule has 152 valence electrons. The van der Waals surface area contributed by atoms with Crippen LogP contribution in [0.25, 0.3) is 0 Å². The van der Waals surface area contributed by atoms with Gasteiger partial charge >= 0.3 is 0 Å². The van der Waals surface area contributed by atoms with Gasteiger partial charge in [0.25, 0.3) is 0 Å². The second-order valence-corrected chi connectivity index (χ2v) is 8.28. The molecule has 0 unspecified atom stereocenters. The zero-order valence-electron chi connectivity index (χ0n) is 16.3. The lowest BCUT2D eigenvalue weighted by atomic mass is 10.1. The van der Waals surface area contributed by atoms with Crippen LogP contribution in [0.2, 0.25) is 10.0 Å². The van der Waals surface area contributed by atoms with E-state index in [2.05, 4.69) is 40.3 Å². The summed E-state index contributed by atoms with van der Waals surface area (Å²) < 4.78 is 12.8. The van der Waals surface area contributed by atoms with Crippen LogP contribution in [0.4, 0.5) is 5.69 Å². The number of halogens is 3. The van der Waals surface area contributed by atoms with Crippen LogP contribution >= 0.6 is 39.1 Å². The number of anilines is 1. The zero-order valence-corrected chi connectivity index (χ0v) is 19.4. The van der Waals surface area contributed by atoms with Crippen molar-refractivity contribution in [1.29, 1.82) is 0 Å². The highest BCUT2D eigenvalue weighted by molar-refractivity contribution is 9.10. The number of nitrogens with one attached hydrogen (secondary N) is 1. The molecule has 0 spiro atoms. The molecular weight excluding hydrogens is 473 g/mol. The molecule has 0 aliphatic heterocycles. The molecule has 0 heterocycles. The van der Waals surface area contributed by atoms with Crippen LogP contribution in [0.3, 0.4) is 0 Å². The van der Waals surface area contributed by atoms with E-state index >= 15 is 0 Å². The van der Waals surface area contributed by atoms with Gasteiger partial charge in [0.2, 0.25) is 0 Å². The Bertz CT molecular complexity index is 974. The molecule has 0 bridgehead atoms. The van der Waals surface area contributed by atoms with Crippen LogP contribution in [0.15, 0.2) is 59.1 Å². The molecular formula is C23H22BrCl2NO2. The van der Waals surface area contributed by atoms with Crippen molar-refractivity contribution < 1.29 is 9.47 Å². The highest BCUT2D eigenvalue weighted by Crippen LogP contribution is 2.35. The number of rotatable bonds is 8. The van der Waals surface area contributed by atoms with Gasteiger partial charge in [-0.1, -0.05) is 63.4 Å². The molecule has 3 nitrogen and oxygen atoms in total. The van der Waals surface area contributed by atoms with Crippen LogP contribution in [-0.2, 0) is 13.2 Å². The molecule has 0 aromatic heterocycles. The third-order valence-corrected chi connectivity index (χ3v) is 5.58. The number of hydrogen-bond donors (Lipinski definition) is 1. The molecule has 0 saturated carbocycles. The summed E-state index contributed by atoms with van der Waals surface area (Å²) >= 11 is 15.8. The Morgan fingerprint density at radius 2 is 1.59 bits per heavy atom. The summed E-state index contributed by atoms with van der Waals surface area (Å²) in [4.78, 5) is 0. The third kappa shape index (κ3) is 6.05. The van der Waals surface area contributed by atoms with E-state index in [4.69, 9.17) is 32.7 Å². The van der Waals surface area contributed by atoms with Gasteiger partial charge in [-0.2, -0.15) is 0 Å². The van der Waals surface area contributed by atoms with Gasteiger partial charge in [-0.25, -0.2) is 0 Å². The van der Waals surface area contributed by atoms with Gasteiger partial charge in [-0.15, -0.1) is 0 Å². The van der Waals surface area contributed by atoms with Gasteiger partial charge in [-0.05, 0) is 60.9 Å². The van der Waals surface area contributed by atoms with E-state index in [1.54, 1.807) is 6.07 Å². The van der Waals surface area contributed by atoms with Crippen molar-refractivity contribution in [3.63, 3.8) is 0 Å². The van der Waals surface area contributed by atoms with Crippen molar-refractivity contribution in [3.05, 3.63) is 85.8 Å². The fraction of sp³-hybridized carbons (Fsp3) is 0.217. The summed E-state index contributed by atoms with van der Waals surface area (Å²) in [6.07, 6.45) is 0. The lowest BCUT2D eigenvalue weighted by Gasteiger charge is -2.16. The minimum Gasteiger partial charge on any atom is -0.490 e. The van der Waals surface area contributed by atoms with Gasteiger partial charge in [0.15, 0.2) is 11.5 Å². The van der Waals surface area contributed by atoms with Crippen molar-refractivity contribution in [2.75, 3.05) is 11.9 Å². The van der Waals surface area contributed by atoms with Crippen molar-refractivity contribution in [2.24, 2.45) is 0 Å². The quantitative estimate of drug-likeness (QED) is 0.348. The van der Waals surface area contributed by atoms with Crippen molar-refractivity contribution in [3.8, 4) is 11.5 Å². The molecule has 3 rings (SSSR count). The molecule has 0 saturated heterocycles. The molecule has 0 fully saturated rings. The summed E-state index contributed by atoms with van der Waals surface area (Å²) in [5.74, 6) is 1.42. The molecule has 3 aromatic carbocycles. The van der Waals surface area contributed by atoms with E-state index in [0.29, 0.717) is 41.3 Å². The summed E-state index contributed by atoms with van der Waals surface area (Å²) in [5, 5.41) is 4.53. The summed E-state index contributed by atoms with van der Waals surface area (Å²) in [6.45, 7) is 5.65. The summed E-state index contributed by atoms with van der Waals surface area (Å²) in [6, 6.07) is 17.5. The molecule has 0 aliphatic carbocycles. The SMILES string of the molecule is CCOc1cc(CNc2cc(Cl)cc(Cl)c2)c(Br)cc1OCc1ccccc1C. The first kappa shape index (κ1) is 21.8. The maximum atomic E-state index is 6.08. The molecule has 29 heavy (non-hydrogen) atoms. The van der Waals surface area contributed by atoms with Gasteiger partial charge in [0.1, 0.15) is 6.61 Å². The van der Waals surface area contributed by atoms with E-state index in [1.807, 2.05) is 43.3 Å². The smallest absolute Gasteiger partial charge is 0.162 e. The first-order valence-corrected chi connectivity index (χ1v) is 10.8. The molecule has 0 aliphatic rings. The standard InChI is InChI=1S/C23H22BrCl2NO2/c1-3-28-22-8-17(13-27-20-10-18(25)9-19(26)11-20)21(24)12-23(22)29-14-16-7-5-4-6-15(16)2/h4-12,27H,3,13-14H2,1-2H3. The highest BCUT2D eigenvalue weighted by atomic mass is 79.9. The van der Waals surface area contributed by atoms with Crippen molar-refractivity contribution in [2.45, 2.75) is 27.0 Å². The van der Waals surface area contributed by atoms with Crippen LogP contribution < -0.4 is 14.8 Å². The molecule has 6 heteroatoms. The van der Waals surface area contributed by atoms with Gasteiger partial charge < -0.3 is 14.8 Å². The van der Waals surface area contributed by atoms with E-state index in [9.17, 15) is 0 Å². The van der Waals surface area contributed by atoms with Gasteiger partial charge in [0.05, 0.1) is 6.61 Å². The second-order valence-electron chi connectivity index (χ2n) is 6.55. The average molecular weight is 495 g/mol. The van der Waals surface area contributed by atoms with Crippen molar-refractivity contribution >= 4 is 44.8 Å². The maximum Gasteiger partial charge on any atom is 0.162 e. The summed E-state index contributed by atoms with van der Waals surface area (Å²) in [7, 11) is 0. The Hall–Kier alpha value is -1.88. The van der Waals surface area contributed by atoms with E-state index < -0.39 is 0 Å². The van der Waals surface area contributed by atoms with Crippen LogP contribution in [0.5, 0.6) is 11.5 Å². The van der Waals surface area contributed by atoms with E-state index in [0.717, 1.165) is 21.3 Å². The topological polar surface area (TPSA) is 30.5 Å². The summed E-state index contributed by atoms with van der Waals surface area (Å²) in [5.41, 5.74) is 4.24. The Kier molecular flexibility index (Phi) is 7.70. The molecule has 0 radical (unpaired) electrons. The zero-order chi connectivity index (χ0) is 20.8. The number of ether oxygens (including phenoxy) is 2. The van der Waals surface area contributed by atoms with Gasteiger partial charge in [-0.3, -0.25) is 0 Å². The minimum absolute atomic E-state index is 0.484. The first-order chi connectivity index (χ1) is 14.0. The Labute approximate surface area is 190 Å². The van der Waals surface area contributed by atoms with Crippen LogP contribution in [0, 0.1) is 6.92 Å². The number of benzene rings is 3. The second kappa shape index (κ2) is 10.2. The van der Waals surface area contributed by atoms with Crippen LogP contribution in [0.1, 0.15) is 23.6 Å². The normalized spacial score (nSPS) is 10.7. The van der Waals surface area contributed by atoms with E-state index in [-0.39, 0.29) is 0 Å². The Balaban J connectivity index is 1.77. The van der Waals surface area contributed by atoms with E-state index in [1.165, 1.54) is 5.56 Å². The highest BCUT2D eigenvalue weighted by Gasteiger charge is 2.12. The lowest BCUT2D eigenvalue weighted by Crippen LogP contribution is -2.04. The molecule has 1 N–H and O–H groups in total. The Morgan fingerprint density at radius 3 is 2.28 bits per heavy atom. The molecule has 3 aromatic rings. The molecule has 0 atom stereocenters.